The highest BCUT2D eigenvalue weighted by Crippen LogP contribution is 2.23. The van der Waals surface area contributed by atoms with Crippen molar-refractivity contribution in [3.8, 4) is 6.07 Å². The zero-order chi connectivity index (χ0) is 19.4. The van der Waals surface area contributed by atoms with Crippen molar-refractivity contribution in [2.24, 2.45) is 0 Å². The molecule has 0 atom stereocenters. The van der Waals surface area contributed by atoms with Gasteiger partial charge in [0.05, 0.1) is 22.5 Å². The number of halogens is 3. The van der Waals surface area contributed by atoms with Crippen LogP contribution in [0, 0.1) is 28.8 Å². The predicted molar refractivity (Wildman–Crippen MR) is 92.9 cm³/mol. The van der Waals surface area contributed by atoms with E-state index in [1.54, 1.807) is 24.3 Å². The van der Waals surface area contributed by atoms with Crippen molar-refractivity contribution in [1.82, 2.24) is 4.98 Å². The third-order valence-electron chi connectivity index (χ3n) is 3.62. The van der Waals surface area contributed by atoms with Gasteiger partial charge in [0.2, 0.25) is 0 Å². The zero-order valence-corrected chi connectivity index (χ0v) is 13.6. The molecule has 27 heavy (non-hydrogen) atoms. The van der Waals surface area contributed by atoms with Crippen molar-refractivity contribution in [2.75, 3.05) is 10.6 Å². The number of nitrogens with zero attached hydrogens (tertiary/aromatic N) is 2. The first-order chi connectivity index (χ1) is 13.0. The topological polar surface area (TPSA) is 77.8 Å². The average molecular weight is 368 g/mol. The summed E-state index contributed by atoms with van der Waals surface area (Å²) >= 11 is 0. The summed E-state index contributed by atoms with van der Waals surface area (Å²) in [6, 6.07) is 13.1. The third-order valence-corrected chi connectivity index (χ3v) is 3.62. The lowest BCUT2D eigenvalue weighted by Crippen LogP contribution is -2.13. The van der Waals surface area contributed by atoms with Gasteiger partial charge in [-0.2, -0.15) is 5.26 Å². The molecular formula is C19H11F3N4O. The van der Waals surface area contributed by atoms with Crippen LogP contribution in [-0.2, 0) is 0 Å². The Hall–Kier alpha value is -3.86. The van der Waals surface area contributed by atoms with Crippen LogP contribution in [-0.4, -0.2) is 10.9 Å². The Kier molecular flexibility index (Phi) is 5.04. The Morgan fingerprint density at radius 1 is 0.963 bits per heavy atom. The van der Waals surface area contributed by atoms with Crippen LogP contribution < -0.4 is 10.6 Å². The van der Waals surface area contributed by atoms with Crippen LogP contribution in [0.4, 0.5) is 30.4 Å². The molecule has 0 spiro atoms. The van der Waals surface area contributed by atoms with Crippen molar-refractivity contribution >= 4 is 23.1 Å². The second kappa shape index (κ2) is 7.58. The molecule has 0 aliphatic heterocycles. The van der Waals surface area contributed by atoms with Crippen LogP contribution in [0.25, 0.3) is 0 Å². The summed E-state index contributed by atoms with van der Waals surface area (Å²) < 4.78 is 39.9. The number of anilines is 3. The molecule has 0 saturated carbocycles. The van der Waals surface area contributed by atoms with E-state index in [1.807, 2.05) is 6.07 Å². The molecule has 3 rings (SSSR count). The molecule has 0 saturated heterocycles. The van der Waals surface area contributed by atoms with Gasteiger partial charge in [0.25, 0.3) is 5.91 Å². The molecule has 2 aromatic carbocycles. The summed E-state index contributed by atoms with van der Waals surface area (Å²) in [5, 5.41) is 14.1. The molecule has 8 heteroatoms. The van der Waals surface area contributed by atoms with E-state index >= 15 is 0 Å². The molecule has 0 bridgehead atoms. The van der Waals surface area contributed by atoms with E-state index in [4.69, 9.17) is 5.26 Å². The number of nitriles is 1. The van der Waals surface area contributed by atoms with Crippen LogP contribution in [0.15, 0.2) is 54.7 Å². The van der Waals surface area contributed by atoms with E-state index in [1.165, 1.54) is 18.3 Å². The number of hydrogen-bond donors (Lipinski definition) is 2. The Morgan fingerprint density at radius 2 is 1.74 bits per heavy atom. The second-order valence-corrected chi connectivity index (χ2v) is 5.39. The standard InChI is InChI=1S/C19H11F3N4O/c20-13-6-7-15(18(22)17(13)21)25-16-8-5-12(10-24-16)19(27)26-14-4-2-1-3-11(14)9-23/h1-8,10H,(H,24,25)(H,26,27). The maximum atomic E-state index is 13.7. The summed E-state index contributed by atoms with van der Waals surface area (Å²) in [5.74, 6) is -4.61. The number of pyridine rings is 1. The first-order valence-corrected chi connectivity index (χ1v) is 7.66. The number of hydrogen-bond acceptors (Lipinski definition) is 4. The number of amides is 1. The molecule has 0 aliphatic rings. The van der Waals surface area contributed by atoms with Gasteiger partial charge in [-0.3, -0.25) is 4.79 Å². The van der Waals surface area contributed by atoms with Gasteiger partial charge in [0.1, 0.15) is 11.9 Å². The fourth-order valence-corrected chi connectivity index (χ4v) is 2.25. The number of carbonyl (C=O) groups is 1. The van der Waals surface area contributed by atoms with Crippen molar-refractivity contribution < 1.29 is 18.0 Å². The summed E-state index contributed by atoms with van der Waals surface area (Å²) in [6.07, 6.45) is 1.23. The lowest BCUT2D eigenvalue weighted by Gasteiger charge is -2.09. The number of benzene rings is 2. The number of nitrogens with one attached hydrogen (secondary N) is 2. The van der Waals surface area contributed by atoms with Crippen LogP contribution in [0.1, 0.15) is 15.9 Å². The molecule has 1 amide bonds. The maximum Gasteiger partial charge on any atom is 0.257 e. The van der Waals surface area contributed by atoms with Crippen LogP contribution in [0.5, 0.6) is 0 Å². The Bertz CT molecular complexity index is 1050. The van der Waals surface area contributed by atoms with Gasteiger partial charge in [-0.1, -0.05) is 12.1 Å². The minimum Gasteiger partial charge on any atom is -0.338 e. The van der Waals surface area contributed by atoms with Crippen molar-refractivity contribution in [2.45, 2.75) is 0 Å². The van der Waals surface area contributed by atoms with Crippen LogP contribution in [0.3, 0.4) is 0 Å². The molecule has 0 radical (unpaired) electrons. The largest absolute Gasteiger partial charge is 0.338 e. The molecule has 0 unspecified atom stereocenters. The van der Waals surface area contributed by atoms with Crippen molar-refractivity contribution in [1.29, 1.82) is 5.26 Å². The highest BCUT2D eigenvalue weighted by Gasteiger charge is 2.14. The molecule has 1 aromatic heterocycles. The molecule has 5 nitrogen and oxygen atoms in total. The van der Waals surface area contributed by atoms with E-state index in [-0.39, 0.29) is 17.1 Å². The molecule has 0 aliphatic carbocycles. The Balaban J connectivity index is 1.75. The van der Waals surface area contributed by atoms with Gasteiger partial charge in [0, 0.05) is 6.20 Å². The fraction of sp³-hybridized carbons (Fsp3) is 0. The molecule has 134 valence electrons. The summed E-state index contributed by atoms with van der Waals surface area (Å²) in [4.78, 5) is 16.2. The van der Waals surface area contributed by atoms with E-state index in [0.29, 0.717) is 11.3 Å². The third kappa shape index (κ3) is 3.88. The van der Waals surface area contributed by atoms with E-state index in [0.717, 1.165) is 12.1 Å². The van der Waals surface area contributed by atoms with Crippen molar-refractivity contribution in [3.05, 3.63) is 83.3 Å². The van der Waals surface area contributed by atoms with E-state index in [9.17, 15) is 18.0 Å². The quantitative estimate of drug-likeness (QED) is 0.671. The lowest BCUT2D eigenvalue weighted by atomic mass is 10.2. The summed E-state index contributed by atoms with van der Waals surface area (Å²) in [6.45, 7) is 0. The first-order valence-electron chi connectivity index (χ1n) is 7.66. The molecule has 0 fully saturated rings. The maximum absolute atomic E-state index is 13.7. The number of rotatable bonds is 4. The van der Waals surface area contributed by atoms with Gasteiger partial charge < -0.3 is 10.6 Å². The first kappa shape index (κ1) is 17.9. The SMILES string of the molecule is N#Cc1ccccc1NC(=O)c1ccc(Nc2ccc(F)c(F)c2F)nc1. The predicted octanol–water partition coefficient (Wildman–Crippen LogP) is 4.37. The van der Waals surface area contributed by atoms with Gasteiger partial charge in [0.15, 0.2) is 17.5 Å². The van der Waals surface area contributed by atoms with E-state index < -0.39 is 23.4 Å². The normalized spacial score (nSPS) is 10.1. The lowest BCUT2D eigenvalue weighted by molar-refractivity contribution is 0.102. The molecule has 1 heterocycles. The smallest absolute Gasteiger partial charge is 0.257 e. The van der Waals surface area contributed by atoms with Gasteiger partial charge in [-0.15, -0.1) is 0 Å². The fourth-order valence-electron chi connectivity index (χ4n) is 2.25. The highest BCUT2D eigenvalue weighted by atomic mass is 19.2. The van der Waals surface area contributed by atoms with Crippen molar-refractivity contribution in [3.63, 3.8) is 0 Å². The Labute approximate surface area is 152 Å². The minimum absolute atomic E-state index is 0.133. The monoisotopic (exact) mass is 368 g/mol. The van der Waals surface area contributed by atoms with Crippen LogP contribution >= 0.6 is 0 Å². The summed E-state index contributed by atoms with van der Waals surface area (Å²) in [5.41, 5.74) is 0.572. The van der Waals surface area contributed by atoms with Gasteiger partial charge >= 0.3 is 0 Å². The summed E-state index contributed by atoms with van der Waals surface area (Å²) in [7, 11) is 0. The average Bonchev–Trinajstić information content (AvgIpc) is 2.69. The number of carbonyl (C=O) groups excluding carboxylic acids is 1. The van der Waals surface area contributed by atoms with Crippen LogP contribution in [0.2, 0.25) is 0 Å². The highest BCUT2D eigenvalue weighted by molar-refractivity contribution is 6.04. The molecule has 3 aromatic rings. The molecule has 2 N–H and O–H groups in total. The number of para-hydroxylation sites is 1. The molecular weight excluding hydrogens is 357 g/mol. The number of aromatic nitrogens is 1. The van der Waals surface area contributed by atoms with E-state index in [2.05, 4.69) is 15.6 Å². The zero-order valence-electron chi connectivity index (χ0n) is 13.6. The van der Waals surface area contributed by atoms with Gasteiger partial charge in [-0.25, -0.2) is 18.2 Å². The second-order valence-electron chi connectivity index (χ2n) is 5.39. The van der Waals surface area contributed by atoms with Gasteiger partial charge in [-0.05, 0) is 36.4 Å². The minimum atomic E-state index is -1.59. The Morgan fingerprint density at radius 3 is 2.44 bits per heavy atom.